The van der Waals surface area contributed by atoms with Crippen molar-refractivity contribution in [2.75, 3.05) is 18.1 Å². The summed E-state index contributed by atoms with van der Waals surface area (Å²) in [6.07, 6.45) is 2.55. The zero-order valence-corrected chi connectivity index (χ0v) is 16.5. The van der Waals surface area contributed by atoms with Crippen molar-refractivity contribution in [1.82, 2.24) is 0 Å². The average molecular weight is 417 g/mol. The number of ether oxygens (including phenoxy) is 3. The van der Waals surface area contributed by atoms with Crippen LogP contribution in [0.1, 0.15) is 0 Å². The molecule has 0 N–H and O–H groups in total. The zero-order chi connectivity index (χ0) is 21.0. The minimum atomic E-state index is -1.04. The van der Waals surface area contributed by atoms with Crippen molar-refractivity contribution < 1.29 is 23.8 Å². The smallest absolute Gasteiger partial charge is 0.241 e. The van der Waals surface area contributed by atoms with Gasteiger partial charge in [0, 0.05) is 0 Å². The van der Waals surface area contributed by atoms with Crippen molar-refractivity contribution in [1.29, 1.82) is 0 Å². The molecule has 0 aliphatic carbocycles. The largest absolute Gasteiger partial charge is 0.357 e. The Morgan fingerprint density at radius 3 is 2.26 bits per heavy atom. The van der Waals surface area contributed by atoms with Gasteiger partial charge in [-0.15, -0.1) is 0 Å². The van der Waals surface area contributed by atoms with E-state index in [0.29, 0.717) is 24.6 Å². The number of carbonyl (C=O) groups is 2. The fraction of sp³-hybridized carbons (Fsp3) is 0.304. The highest BCUT2D eigenvalue weighted by Crippen LogP contribution is 2.55. The molecule has 2 aromatic rings. The number of azo groups is 1. The summed E-state index contributed by atoms with van der Waals surface area (Å²) in [6, 6.07) is 16.3. The molecule has 8 heteroatoms. The molecular weight excluding hydrogens is 398 g/mol. The molecule has 31 heavy (non-hydrogen) atoms. The topological polar surface area (TPSA) is 89.8 Å². The number of hydrogen-bond donors (Lipinski definition) is 0. The second kappa shape index (κ2) is 6.91. The Labute approximate surface area is 178 Å². The van der Waals surface area contributed by atoms with Gasteiger partial charge in [-0.1, -0.05) is 24.3 Å². The summed E-state index contributed by atoms with van der Waals surface area (Å²) in [6.45, 7) is 0.882. The van der Waals surface area contributed by atoms with Crippen LogP contribution in [0.25, 0.3) is 0 Å². The van der Waals surface area contributed by atoms with Gasteiger partial charge in [-0.25, -0.2) is 4.90 Å². The van der Waals surface area contributed by atoms with Gasteiger partial charge in [-0.3, -0.25) is 9.59 Å². The van der Waals surface area contributed by atoms with Gasteiger partial charge in [0.2, 0.25) is 11.8 Å². The Hall–Kier alpha value is -3.20. The lowest BCUT2D eigenvalue weighted by Crippen LogP contribution is -2.49. The lowest BCUT2D eigenvalue weighted by molar-refractivity contribution is -0.180. The second-order valence-corrected chi connectivity index (χ2v) is 7.94. The van der Waals surface area contributed by atoms with Crippen LogP contribution in [0.3, 0.4) is 0 Å². The van der Waals surface area contributed by atoms with Crippen molar-refractivity contribution in [3.05, 3.63) is 66.7 Å². The number of anilines is 1. The molecule has 4 aliphatic heterocycles. The summed E-state index contributed by atoms with van der Waals surface area (Å²) in [5.74, 6) is -1.78. The highest BCUT2D eigenvalue weighted by atomic mass is 16.7. The van der Waals surface area contributed by atoms with E-state index in [0.717, 1.165) is 5.69 Å². The molecular formula is C23H19N3O5. The number of amides is 2. The molecule has 0 aromatic heterocycles. The minimum absolute atomic E-state index is 0.261. The third kappa shape index (κ3) is 2.72. The summed E-state index contributed by atoms with van der Waals surface area (Å²) in [4.78, 5) is 27.8. The van der Waals surface area contributed by atoms with E-state index < -0.39 is 29.8 Å². The molecule has 8 nitrogen and oxygen atoms in total. The fourth-order valence-corrected chi connectivity index (χ4v) is 4.86. The number of rotatable bonds is 4. The van der Waals surface area contributed by atoms with Crippen LogP contribution in [0.5, 0.6) is 0 Å². The Morgan fingerprint density at radius 1 is 0.871 bits per heavy atom. The molecule has 3 fully saturated rings. The number of fused-ring (bicyclic) bond motifs is 5. The van der Waals surface area contributed by atoms with E-state index in [1.807, 2.05) is 42.5 Å². The number of nitrogens with zero attached hydrogens (tertiary/aromatic N) is 3. The Balaban J connectivity index is 1.26. The molecule has 2 aromatic carbocycles. The molecule has 4 atom stereocenters. The first-order valence-electron chi connectivity index (χ1n) is 10.2. The highest BCUT2D eigenvalue weighted by molar-refractivity contribution is 6.23. The molecule has 0 spiro atoms. The van der Waals surface area contributed by atoms with Gasteiger partial charge in [0.1, 0.15) is 0 Å². The van der Waals surface area contributed by atoms with Gasteiger partial charge in [0.25, 0.3) is 0 Å². The summed E-state index contributed by atoms with van der Waals surface area (Å²) in [5.41, 5.74) is 0.831. The molecule has 4 aliphatic rings. The van der Waals surface area contributed by atoms with Crippen LogP contribution in [-0.2, 0) is 23.8 Å². The number of carbonyl (C=O) groups excluding carboxylic acids is 2. The minimum Gasteiger partial charge on any atom is -0.357 e. The van der Waals surface area contributed by atoms with E-state index in [2.05, 4.69) is 10.2 Å². The molecule has 3 saturated heterocycles. The first kappa shape index (κ1) is 18.6. The molecule has 4 heterocycles. The van der Waals surface area contributed by atoms with Crippen molar-refractivity contribution >= 4 is 28.9 Å². The molecule has 6 rings (SSSR count). The van der Waals surface area contributed by atoms with E-state index in [-0.39, 0.29) is 11.8 Å². The van der Waals surface area contributed by atoms with Gasteiger partial charge in [-0.2, -0.15) is 10.2 Å². The van der Waals surface area contributed by atoms with Crippen LogP contribution in [0.2, 0.25) is 0 Å². The average Bonchev–Trinajstić information content (AvgIpc) is 3.58. The second-order valence-electron chi connectivity index (χ2n) is 7.94. The normalized spacial score (nSPS) is 32.0. The number of imide groups is 1. The van der Waals surface area contributed by atoms with Crippen LogP contribution < -0.4 is 4.90 Å². The number of hydrogen-bond acceptors (Lipinski definition) is 7. The third-order valence-electron chi connectivity index (χ3n) is 6.21. The predicted molar refractivity (Wildman–Crippen MR) is 109 cm³/mol. The Kier molecular flexibility index (Phi) is 4.14. The van der Waals surface area contributed by atoms with Crippen LogP contribution in [0, 0.1) is 11.8 Å². The van der Waals surface area contributed by atoms with Crippen LogP contribution in [0.15, 0.2) is 77.0 Å². The quantitative estimate of drug-likeness (QED) is 0.433. The van der Waals surface area contributed by atoms with Gasteiger partial charge >= 0.3 is 0 Å². The summed E-state index contributed by atoms with van der Waals surface area (Å²) in [7, 11) is 0. The maximum atomic E-state index is 13.4. The van der Waals surface area contributed by atoms with Gasteiger partial charge < -0.3 is 14.2 Å². The first-order chi connectivity index (χ1) is 15.2. The van der Waals surface area contributed by atoms with Gasteiger partial charge in [-0.05, 0) is 42.5 Å². The van der Waals surface area contributed by atoms with Crippen molar-refractivity contribution in [2.24, 2.45) is 22.1 Å². The molecule has 0 saturated carbocycles. The maximum Gasteiger partial charge on any atom is 0.241 e. The molecule has 2 amide bonds. The van der Waals surface area contributed by atoms with Crippen molar-refractivity contribution in [3.8, 4) is 0 Å². The zero-order valence-electron chi connectivity index (χ0n) is 16.5. The summed E-state index contributed by atoms with van der Waals surface area (Å²) < 4.78 is 17.4. The van der Waals surface area contributed by atoms with E-state index in [9.17, 15) is 9.59 Å². The van der Waals surface area contributed by atoms with E-state index in [1.165, 1.54) is 4.90 Å². The number of benzene rings is 2. The first-order valence-corrected chi connectivity index (χ1v) is 10.2. The third-order valence-corrected chi connectivity index (χ3v) is 6.21. The van der Waals surface area contributed by atoms with Crippen LogP contribution in [0.4, 0.5) is 17.1 Å². The van der Waals surface area contributed by atoms with Crippen molar-refractivity contribution in [2.45, 2.75) is 18.0 Å². The Bertz CT molecular complexity index is 1090. The predicted octanol–water partition coefficient (Wildman–Crippen LogP) is 3.29. The van der Waals surface area contributed by atoms with E-state index in [4.69, 9.17) is 14.2 Å². The lowest BCUT2D eigenvalue weighted by atomic mass is 9.76. The SMILES string of the molecule is O=C1[C@H]2[C@H]3C=C[C@@](C4OCCO4)(O3)[C@H]2C(=O)N1c1ccc(N=Nc2ccccc2)cc1. The van der Waals surface area contributed by atoms with Crippen LogP contribution in [-0.4, -0.2) is 43.0 Å². The molecule has 0 unspecified atom stereocenters. The molecule has 0 radical (unpaired) electrons. The fourth-order valence-electron chi connectivity index (χ4n) is 4.86. The maximum absolute atomic E-state index is 13.4. The lowest BCUT2D eigenvalue weighted by Gasteiger charge is -2.32. The molecule has 156 valence electrons. The van der Waals surface area contributed by atoms with E-state index in [1.54, 1.807) is 24.3 Å². The van der Waals surface area contributed by atoms with Crippen molar-refractivity contribution in [3.63, 3.8) is 0 Å². The standard InChI is InChI=1S/C23H19N3O5/c27-20-18-17-10-11-23(31-17,22-29-12-13-30-22)19(18)21(28)26(20)16-8-6-15(7-9-16)25-24-14-4-2-1-3-5-14/h1-11,17-19,22H,12-13H2/t17-,18+,19-,23-/m1/s1. The monoisotopic (exact) mass is 417 g/mol. The van der Waals surface area contributed by atoms with Gasteiger partial charge in [0.05, 0.1) is 48.2 Å². The summed E-state index contributed by atoms with van der Waals surface area (Å²) in [5, 5.41) is 8.40. The van der Waals surface area contributed by atoms with Crippen LogP contribution >= 0.6 is 0 Å². The highest BCUT2D eigenvalue weighted by Gasteiger charge is 2.71. The van der Waals surface area contributed by atoms with E-state index >= 15 is 0 Å². The molecule has 2 bridgehead atoms. The Morgan fingerprint density at radius 2 is 1.55 bits per heavy atom. The van der Waals surface area contributed by atoms with Gasteiger partial charge in [0.15, 0.2) is 11.9 Å². The summed E-state index contributed by atoms with van der Waals surface area (Å²) >= 11 is 0.